The maximum atomic E-state index is 7.92. The maximum absolute atomic E-state index is 7.92. The number of nitrogens with zero attached hydrogens (tertiary/aromatic N) is 1. The van der Waals surface area contributed by atoms with Gasteiger partial charge in [0.25, 0.3) is 0 Å². The smallest absolute Gasteiger partial charge is 0.0444 e. The Balaban J connectivity index is 0.00000242. The molecular weight excluding hydrogens is 231 g/mol. The van der Waals surface area contributed by atoms with Crippen LogP contribution in [0.3, 0.4) is 0 Å². The molecule has 2 rings (SSSR count). The Morgan fingerprint density at radius 3 is 2.33 bits per heavy atom. The molecular formula is C11H18Cl2N2. The lowest BCUT2D eigenvalue weighted by molar-refractivity contribution is 0.233. The molecule has 0 aromatic heterocycles. The molecule has 86 valence electrons. The summed E-state index contributed by atoms with van der Waals surface area (Å²) >= 11 is 0. The lowest BCUT2D eigenvalue weighted by Gasteiger charge is -2.27. The Morgan fingerprint density at radius 2 is 1.73 bits per heavy atom. The minimum absolute atomic E-state index is 0. The van der Waals surface area contributed by atoms with Crippen molar-refractivity contribution in [2.45, 2.75) is 6.54 Å². The van der Waals surface area contributed by atoms with Gasteiger partial charge in [0.2, 0.25) is 0 Å². The second kappa shape index (κ2) is 7.94. The van der Waals surface area contributed by atoms with Crippen LogP contribution in [0.2, 0.25) is 0 Å². The average molecular weight is 257 g/mol. The fraction of sp³-hybridized carbons (Fsp3) is 0.455. The summed E-state index contributed by atoms with van der Waals surface area (Å²) in [6, 6.07) is 8.46. The number of hydrogen-bond donors (Lipinski definition) is 1. The van der Waals surface area contributed by atoms with Crippen molar-refractivity contribution in [3.63, 3.8) is 0 Å². The number of piperazine rings is 1. The fourth-order valence-electron chi connectivity index (χ4n) is 1.10. The summed E-state index contributed by atoms with van der Waals surface area (Å²) in [5.74, 6) is 0. The van der Waals surface area contributed by atoms with Crippen LogP contribution in [0.1, 0.15) is 16.5 Å². The number of halogens is 2. The van der Waals surface area contributed by atoms with Gasteiger partial charge in [-0.05, 0) is 5.56 Å². The van der Waals surface area contributed by atoms with Crippen LogP contribution in [0.4, 0.5) is 0 Å². The fourth-order valence-corrected chi connectivity index (χ4v) is 1.10. The third-order valence-electron chi connectivity index (χ3n) is 1.69. The summed E-state index contributed by atoms with van der Waals surface area (Å²) in [6.45, 7) is -11.2. The van der Waals surface area contributed by atoms with Gasteiger partial charge in [-0.25, -0.2) is 0 Å². The van der Waals surface area contributed by atoms with Crippen LogP contribution in [0.25, 0.3) is 0 Å². The Labute approximate surface area is 115 Å². The molecule has 0 bridgehead atoms. The molecule has 0 spiro atoms. The lowest BCUT2D eigenvalue weighted by Crippen LogP contribution is -2.42. The van der Waals surface area contributed by atoms with Crippen molar-refractivity contribution in [2.24, 2.45) is 0 Å². The van der Waals surface area contributed by atoms with Gasteiger partial charge in [-0.1, -0.05) is 30.3 Å². The van der Waals surface area contributed by atoms with Gasteiger partial charge < -0.3 is 5.32 Å². The first kappa shape index (κ1) is 5.87. The normalized spacial score (nSPS) is 37.6. The third kappa shape index (κ3) is 4.85. The molecule has 0 unspecified atom stereocenters. The molecule has 1 heterocycles. The van der Waals surface area contributed by atoms with Gasteiger partial charge in [0.15, 0.2) is 0 Å². The van der Waals surface area contributed by atoms with E-state index in [1.807, 2.05) is 0 Å². The van der Waals surface area contributed by atoms with E-state index in [9.17, 15) is 0 Å². The molecule has 0 radical (unpaired) electrons. The van der Waals surface area contributed by atoms with Crippen molar-refractivity contribution >= 4 is 24.8 Å². The molecule has 0 aliphatic carbocycles. The van der Waals surface area contributed by atoms with Crippen molar-refractivity contribution in [3.8, 4) is 0 Å². The quantitative estimate of drug-likeness (QED) is 0.871. The molecule has 1 aromatic rings. The van der Waals surface area contributed by atoms with Crippen LogP contribution < -0.4 is 5.32 Å². The molecule has 4 heteroatoms. The topological polar surface area (TPSA) is 15.3 Å². The minimum atomic E-state index is -2.74. The monoisotopic (exact) mass is 256 g/mol. The van der Waals surface area contributed by atoms with Gasteiger partial charge in [-0.3, -0.25) is 4.90 Å². The summed E-state index contributed by atoms with van der Waals surface area (Å²) in [5, 5.41) is 1.80. The molecule has 1 aliphatic heterocycles. The molecule has 2 nitrogen and oxygen atoms in total. The second-order valence-corrected chi connectivity index (χ2v) is 2.67. The molecule has 0 saturated carbocycles. The first-order valence-electron chi connectivity index (χ1n) is 8.03. The Hall–Kier alpha value is -0.280. The molecule has 1 fully saturated rings. The van der Waals surface area contributed by atoms with Crippen LogP contribution in [-0.4, -0.2) is 30.9 Å². The molecule has 15 heavy (non-hydrogen) atoms. The van der Waals surface area contributed by atoms with Crippen LogP contribution in [-0.2, 0) is 6.54 Å². The summed E-state index contributed by atoms with van der Waals surface area (Å²) in [4.78, 5) is 0.589. The standard InChI is InChI=1S/C11H16N2.2ClH/c1-2-4-11(5-3-1)10-13-8-6-12-7-9-13;;/h1-5,12H,6-10H2;2*1H/i6D2,7D2,8D2,9D2;;. The zero-order chi connectivity index (χ0) is 16.1. The number of rotatable bonds is 2. The van der Waals surface area contributed by atoms with Gasteiger partial charge in [0, 0.05) is 43.5 Å². The number of hydrogen-bond acceptors (Lipinski definition) is 2. The third-order valence-corrected chi connectivity index (χ3v) is 1.69. The van der Waals surface area contributed by atoms with Crippen molar-refractivity contribution < 1.29 is 11.0 Å². The van der Waals surface area contributed by atoms with E-state index in [2.05, 4.69) is 0 Å². The highest BCUT2D eigenvalue weighted by atomic mass is 35.5. The van der Waals surface area contributed by atoms with E-state index in [1.165, 1.54) is 0 Å². The highest BCUT2D eigenvalue weighted by molar-refractivity contribution is 5.85. The summed E-state index contributed by atoms with van der Waals surface area (Å²) < 4.78 is 62.4. The van der Waals surface area contributed by atoms with Crippen molar-refractivity contribution in [3.05, 3.63) is 35.9 Å². The van der Waals surface area contributed by atoms with Gasteiger partial charge in [0.05, 0.1) is 0 Å². The van der Waals surface area contributed by atoms with E-state index in [0.29, 0.717) is 10.5 Å². The molecule has 0 atom stereocenters. The van der Waals surface area contributed by atoms with Gasteiger partial charge >= 0.3 is 0 Å². The van der Waals surface area contributed by atoms with Crippen LogP contribution in [0.15, 0.2) is 30.3 Å². The highest BCUT2D eigenvalue weighted by Gasteiger charge is 2.08. The molecule has 1 aromatic carbocycles. The highest BCUT2D eigenvalue weighted by Crippen LogP contribution is 2.04. The number of nitrogens with one attached hydrogen (secondary N) is 1. The van der Waals surface area contributed by atoms with Crippen LogP contribution >= 0.6 is 24.8 Å². The predicted octanol–water partition coefficient (Wildman–Crippen LogP) is 1.94. The largest absolute Gasteiger partial charge is 0.314 e. The van der Waals surface area contributed by atoms with E-state index >= 15 is 0 Å². The lowest BCUT2D eigenvalue weighted by atomic mass is 10.2. The SMILES string of the molecule is Cl.Cl.[2H]C1([2H])NC([2H])([2H])C([2H])([2H])N(Cc2ccccc2)C1([2H])[2H]. The maximum Gasteiger partial charge on any atom is 0.0444 e. The van der Waals surface area contributed by atoms with E-state index < -0.39 is 26.0 Å². The molecule has 0 amide bonds. The van der Waals surface area contributed by atoms with Crippen LogP contribution in [0.5, 0.6) is 0 Å². The average Bonchev–Trinajstić information content (AvgIpc) is 2.34. The van der Waals surface area contributed by atoms with Gasteiger partial charge in [-0.2, -0.15) is 0 Å². The van der Waals surface area contributed by atoms with E-state index in [-0.39, 0.29) is 31.4 Å². The van der Waals surface area contributed by atoms with Crippen LogP contribution in [0, 0.1) is 0 Å². The Kier molecular flexibility index (Phi) is 3.11. The summed E-state index contributed by atoms with van der Waals surface area (Å²) in [7, 11) is 0. The van der Waals surface area contributed by atoms with Crippen molar-refractivity contribution in [1.82, 2.24) is 10.2 Å². The van der Waals surface area contributed by atoms with Crippen molar-refractivity contribution in [2.75, 3.05) is 26.0 Å². The first-order valence-corrected chi connectivity index (χ1v) is 4.03. The zero-order valence-electron chi connectivity index (χ0n) is 15.9. The molecule has 1 saturated heterocycles. The van der Waals surface area contributed by atoms with Crippen molar-refractivity contribution in [1.29, 1.82) is 0 Å². The predicted molar refractivity (Wildman–Crippen MR) is 69.1 cm³/mol. The van der Waals surface area contributed by atoms with E-state index in [1.54, 1.807) is 35.6 Å². The summed E-state index contributed by atoms with van der Waals surface area (Å²) in [6.07, 6.45) is 0. The molecule has 1 N–H and O–H groups in total. The number of benzene rings is 1. The first-order chi connectivity index (χ1) is 9.42. The zero-order valence-corrected chi connectivity index (χ0v) is 9.49. The Bertz CT molecular complexity index is 500. The Morgan fingerprint density at radius 1 is 1.13 bits per heavy atom. The minimum Gasteiger partial charge on any atom is -0.314 e. The van der Waals surface area contributed by atoms with E-state index in [0.717, 1.165) is 0 Å². The molecule has 1 aliphatic rings. The van der Waals surface area contributed by atoms with Gasteiger partial charge in [0.1, 0.15) is 0 Å². The van der Waals surface area contributed by atoms with E-state index in [4.69, 9.17) is 11.0 Å². The van der Waals surface area contributed by atoms with Gasteiger partial charge in [-0.15, -0.1) is 24.8 Å². The summed E-state index contributed by atoms with van der Waals surface area (Å²) in [5.41, 5.74) is 0.568. The second-order valence-electron chi connectivity index (χ2n) is 2.67.